The minimum Gasteiger partial charge on any atom is -0.398 e. The highest BCUT2D eigenvalue weighted by Gasteiger charge is 2.41. The molecule has 0 spiro atoms. The van der Waals surface area contributed by atoms with E-state index >= 15 is 0 Å². The van der Waals surface area contributed by atoms with E-state index in [1.54, 1.807) is 0 Å². The number of hydrogen-bond donors (Lipinski definition) is 3. The third kappa shape index (κ3) is 2.49. The molecule has 1 aliphatic rings. The van der Waals surface area contributed by atoms with Crippen LogP contribution in [0.15, 0.2) is 24.3 Å². The molecule has 0 saturated heterocycles. The summed E-state index contributed by atoms with van der Waals surface area (Å²) < 4.78 is 0. The van der Waals surface area contributed by atoms with E-state index in [-0.39, 0.29) is 5.41 Å². The van der Waals surface area contributed by atoms with E-state index in [4.69, 9.17) is 10.8 Å². The van der Waals surface area contributed by atoms with Crippen LogP contribution in [0.1, 0.15) is 18.4 Å². The second-order valence-corrected chi connectivity index (χ2v) is 4.46. The summed E-state index contributed by atoms with van der Waals surface area (Å²) in [4.78, 5) is 0. The number of anilines is 1. The zero-order valence-corrected chi connectivity index (χ0v) is 8.87. The highest BCUT2D eigenvalue weighted by atomic mass is 16.3. The van der Waals surface area contributed by atoms with Gasteiger partial charge in [-0.15, -0.1) is 0 Å². The zero-order chi connectivity index (χ0) is 10.7. The average Bonchev–Trinajstić information content (AvgIpc) is 3.02. The van der Waals surface area contributed by atoms with Crippen LogP contribution in [-0.2, 0) is 6.54 Å². The SMILES string of the molecule is Nc1ccccc1CNCC1(CO)CC1. The van der Waals surface area contributed by atoms with Crippen molar-refractivity contribution in [3.05, 3.63) is 29.8 Å². The lowest BCUT2D eigenvalue weighted by molar-refractivity contribution is 0.207. The number of rotatable bonds is 5. The fourth-order valence-corrected chi connectivity index (χ4v) is 1.73. The van der Waals surface area contributed by atoms with Gasteiger partial charge in [-0.3, -0.25) is 0 Å². The molecule has 1 fully saturated rings. The number of benzene rings is 1. The smallest absolute Gasteiger partial charge is 0.0499 e. The molecule has 15 heavy (non-hydrogen) atoms. The molecule has 1 aromatic carbocycles. The Bertz CT molecular complexity index is 334. The van der Waals surface area contributed by atoms with Crippen LogP contribution < -0.4 is 11.1 Å². The predicted octanol–water partition coefficient (Wildman–Crippen LogP) is 1.13. The summed E-state index contributed by atoms with van der Waals surface area (Å²) in [5.41, 5.74) is 7.96. The lowest BCUT2D eigenvalue weighted by Gasteiger charge is -2.13. The van der Waals surface area contributed by atoms with Gasteiger partial charge in [0, 0.05) is 30.8 Å². The summed E-state index contributed by atoms with van der Waals surface area (Å²) in [7, 11) is 0. The van der Waals surface area contributed by atoms with Crippen LogP contribution in [0.5, 0.6) is 0 Å². The highest BCUT2D eigenvalue weighted by molar-refractivity contribution is 5.46. The Morgan fingerprint density at radius 3 is 2.67 bits per heavy atom. The van der Waals surface area contributed by atoms with Crippen molar-refractivity contribution in [1.82, 2.24) is 5.32 Å². The number of para-hydroxylation sites is 1. The van der Waals surface area contributed by atoms with Crippen LogP contribution in [0.4, 0.5) is 5.69 Å². The molecule has 4 N–H and O–H groups in total. The van der Waals surface area contributed by atoms with E-state index in [2.05, 4.69) is 5.32 Å². The summed E-state index contributed by atoms with van der Waals surface area (Å²) in [5, 5.41) is 12.5. The van der Waals surface area contributed by atoms with Crippen molar-refractivity contribution in [2.45, 2.75) is 19.4 Å². The predicted molar refractivity (Wildman–Crippen MR) is 61.3 cm³/mol. The molecule has 1 aromatic rings. The van der Waals surface area contributed by atoms with E-state index in [0.29, 0.717) is 6.61 Å². The van der Waals surface area contributed by atoms with Crippen LogP contribution in [0, 0.1) is 5.41 Å². The molecule has 2 rings (SSSR count). The Morgan fingerprint density at radius 1 is 1.33 bits per heavy atom. The van der Waals surface area contributed by atoms with Crippen LogP contribution in [-0.4, -0.2) is 18.3 Å². The Kier molecular flexibility index (Phi) is 2.93. The first-order valence-electron chi connectivity index (χ1n) is 5.41. The summed E-state index contributed by atoms with van der Waals surface area (Å²) in [5.74, 6) is 0. The van der Waals surface area contributed by atoms with Gasteiger partial charge in [0.15, 0.2) is 0 Å². The van der Waals surface area contributed by atoms with Gasteiger partial charge < -0.3 is 16.2 Å². The maximum atomic E-state index is 9.14. The van der Waals surface area contributed by atoms with Gasteiger partial charge in [-0.25, -0.2) is 0 Å². The van der Waals surface area contributed by atoms with E-state index in [9.17, 15) is 0 Å². The van der Waals surface area contributed by atoms with Gasteiger partial charge >= 0.3 is 0 Å². The maximum Gasteiger partial charge on any atom is 0.0499 e. The lowest BCUT2D eigenvalue weighted by Crippen LogP contribution is -2.26. The fourth-order valence-electron chi connectivity index (χ4n) is 1.73. The Hall–Kier alpha value is -1.06. The van der Waals surface area contributed by atoms with Crippen molar-refractivity contribution in [2.24, 2.45) is 5.41 Å². The van der Waals surface area contributed by atoms with Crippen molar-refractivity contribution < 1.29 is 5.11 Å². The highest BCUT2D eigenvalue weighted by Crippen LogP contribution is 2.44. The van der Waals surface area contributed by atoms with Crippen molar-refractivity contribution in [2.75, 3.05) is 18.9 Å². The molecular weight excluding hydrogens is 188 g/mol. The lowest BCUT2D eigenvalue weighted by atomic mass is 10.1. The van der Waals surface area contributed by atoms with E-state index in [1.165, 1.54) is 0 Å². The Morgan fingerprint density at radius 2 is 2.07 bits per heavy atom. The Balaban J connectivity index is 1.81. The Labute approximate surface area is 90.3 Å². The molecule has 0 aliphatic heterocycles. The maximum absolute atomic E-state index is 9.14. The van der Waals surface area contributed by atoms with Crippen molar-refractivity contribution >= 4 is 5.69 Å². The van der Waals surface area contributed by atoms with Gasteiger partial charge in [-0.2, -0.15) is 0 Å². The number of nitrogen functional groups attached to an aromatic ring is 1. The molecule has 0 amide bonds. The molecule has 0 aromatic heterocycles. The number of hydrogen-bond acceptors (Lipinski definition) is 3. The van der Waals surface area contributed by atoms with Gasteiger partial charge in [0.25, 0.3) is 0 Å². The molecule has 82 valence electrons. The monoisotopic (exact) mass is 206 g/mol. The van der Waals surface area contributed by atoms with E-state index < -0.39 is 0 Å². The first-order valence-corrected chi connectivity index (χ1v) is 5.41. The largest absolute Gasteiger partial charge is 0.398 e. The van der Waals surface area contributed by atoms with E-state index in [1.807, 2.05) is 24.3 Å². The summed E-state index contributed by atoms with van der Waals surface area (Å²) in [6.07, 6.45) is 2.28. The molecule has 3 nitrogen and oxygen atoms in total. The third-order valence-corrected chi connectivity index (χ3v) is 3.16. The molecular formula is C12H18N2O. The quantitative estimate of drug-likeness (QED) is 0.633. The fraction of sp³-hybridized carbons (Fsp3) is 0.500. The molecule has 0 unspecified atom stereocenters. The summed E-state index contributed by atoms with van der Waals surface area (Å²) in [6, 6.07) is 7.87. The van der Waals surface area contributed by atoms with Gasteiger partial charge in [-0.05, 0) is 24.5 Å². The van der Waals surface area contributed by atoms with Crippen LogP contribution in [0.3, 0.4) is 0 Å². The number of aliphatic hydroxyl groups excluding tert-OH is 1. The van der Waals surface area contributed by atoms with Crippen molar-refractivity contribution in [1.29, 1.82) is 0 Å². The van der Waals surface area contributed by atoms with Crippen molar-refractivity contribution in [3.8, 4) is 0 Å². The second kappa shape index (κ2) is 4.21. The number of aliphatic hydroxyl groups is 1. The minimum atomic E-state index is 0.170. The molecule has 0 radical (unpaired) electrons. The third-order valence-electron chi connectivity index (χ3n) is 3.16. The number of nitrogens with one attached hydrogen (secondary N) is 1. The minimum absolute atomic E-state index is 0.170. The normalized spacial score (nSPS) is 17.7. The average molecular weight is 206 g/mol. The molecule has 3 heteroatoms. The van der Waals surface area contributed by atoms with E-state index in [0.717, 1.165) is 37.2 Å². The van der Waals surface area contributed by atoms with Gasteiger partial charge in [0.2, 0.25) is 0 Å². The first kappa shape index (κ1) is 10.5. The van der Waals surface area contributed by atoms with Gasteiger partial charge in [-0.1, -0.05) is 18.2 Å². The standard InChI is InChI=1S/C12H18N2O/c13-11-4-2-1-3-10(11)7-14-8-12(9-15)5-6-12/h1-4,14-15H,5-9,13H2. The van der Waals surface area contributed by atoms with Gasteiger partial charge in [0.1, 0.15) is 0 Å². The topological polar surface area (TPSA) is 58.3 Å². The van der Waals surface area contributed by atoms with Crippen LogP contribution >= 0.6 is 0 Å². The van der Waals surface area contributed by atoms with Crippen LogP contribution in [0.25, 0.3) is 0 Å². The second-order valence-electron chi connectivity index (χ2n) is 4.46. The number of nitrogens with two attached hydrogens (primary N) is 1. The first-order chi connectivity index (χ1) is 7.26. The summed E-state index contributed by atoms with van der Waals surface area (Å²) in [6.45, 7) is 1.97. The van der Waals surface area contributed by atoms with Crippen molar-refractivity contribution in [3.63, 3.8) is 0 Å². The molecule has 0 bridgehead atoms. The van der Waals surface area contributed by atoms with Gasteiger partial charge in [0.05, 0.1) is 0 Å². The summed E-state index contributed by atoms with van der Waals surface area (Å²) >= 11 is 0. The van der Waals surface area contributed by atoms with Crippen LogP contribution in [0.2, 0.25) is 0 Å². The molecule has 0 heterocycles. The molecule has 1 aliphatic carbocycles. The molecule has 1 saturated carbocycles. The zero-order valence-electron chi connectivity index (χ0n) is 8.87. The molecule has 0 atom stereocenters.